The lowest BCUT2D eigenvalue weighted by Gasteiger charge is -2.19. The van der Waals surface area contributed by atoms with Gasteiger partial charge in [0, 0.05) is 26.1 Å². The van der Waals surface area contributed by atoms with Gasteiger partial charge in [-0.15, -0.1) is 17.5 Å². The lowest BCUT2D eigenvalue weighted by molar-refractivity contribution is -0.131. The molecule has 1 aromatic carbocycles. The Morgan fingerprint density at radius 3 is 2.91 bits per heavy atom. The molecule has 1 aliphatic rings. The molecule has 7 nitrogen and oxygen atoms in total. The number of fused-ring (bicyclic) bond motifs is 1. The van der Waals surface area contributed by atoms with Crippen molar-refractivity contribution in [1.82, 2.24) is 25.2 Å². The number of hydrogen-bond acceptors (Lipinski definition) is 5. The van der Waals surface area contributed by atoms with Crippen molar-refractivity contribution in [2.75, 3.05) is 26.2 Å². The fourth-order valence-electron chi connectivity index (χ4n) is 2.62. The Kier molecular flexibility index (Phi) is 6.06. The topological polar surface area (TPSA) is 80.1 Å². The number of nitrogens with one attached hydrogen (secondary N) is 1. The number of benzene rings is 1. The van der Waals surface area contributed by atoms with Crippen molar-refractivity contribution in [3.8, 4) is 0 Å². The highest BCUT2D eigenvalue weighted by Gasteiger charge is 2.15. The van der Waals surface area contributed by atoms with Crippen molar-refractivity contribution >= 4 is 29.2 Å². The van der Waals surface area contributed by atoms with Crippen LogP contribution in [0, 0.1) is 0 Å². The molecule has 2 heterocycles. The average Bonchev–Trinajstić information content (AvgIpc) is 2.83. The van der Waals surface area contributed by atoms with Gasteiger partial charge in [-0.25, -0.2) is 4.68 Å². The van der Waals surface area contributed by atoms with Crippen molar-refractivity contribution in [2.24, 2.45) is 0 Å². The molecule has 23 heavy (non-hydrogen) atoms. The maximum atomic E-state index is 12.3. The zero-order chi connectivity index (χ0) is 15.4. The van der Waals surface area contributed by atoms with E-state index in [0.717, 1.165) is 32.6 Å². The van der Waals surface area contributed by atoms with Crippen LogP contribution in [0.3, 0.4) is 0 Å². The zero-order valence-electron chi connectivity index (χ0n) is 12.8. The van der Waals surface area contributed by atoms with Crippen LogP contribution < -0.4 is 10.9 Å². The van der Waals surface area contributed by atoms with Crippen molar-refractivity contribution < 1.29 is 4.79 Å². The summed E-state index contributed by atoms with van der Waals surface area (Å²) in [6, 6.07) is 7.09. The Morgan fingerprint density at radius 2 is 2.04 bits per heavy atom. The number of rotatable bonds is 3. The second kappa shape index (κ2) is 8.03. The highest BCUT2D eigenvalue weighted by Crippen LogP contribution is 2.04. The molecule has 1 aliphatic heterocycles. The normalized spacial score (nSPS) is 15.0. The molecule has 3 rings (SSSR count). The summed E-state index contributed by atoms with van der Waals surface area (Å²) in [5.74, 6) is 0.0607. The monoisotopic (exact) mass is 337 g/mol. The first-order valence-electron chi connectivity index (χ1n) is 7.57. The van der Waals surface area contributed by atoms with E-state index in [4.69, 9.17) is 0 Å². The Labute approximate surface area is 140 Å². The van der Waals surface area contributed by atoms with Gasteiger partial charge in [-0.2, -0.15) is 0 Å². The van der Waals surface area contributed by atoms with E-state index < -0.39 is 0 Å². The molecule has 0 bridgehead atoms. The first-order valence-corrected chi connectivity index (χ1v) is 7.57. The molecule has 1 saturated heterocycles. The van der Waals surface area contributed by atoms with Gasteiger partial charge in [0.1, 0.15) is 5.52 Å². The van der Waals surface area contributed by atoms with Crippen LogP contribution in [0.1, 0.15) is 12.8 Å². The van der Waals surface area contributed by atoms with E-state index in [1.54, 1.807) is 18.2 Å². The molecule has 1 aromatic heterocycles. The van der Waals surface area contributed by atoms with Crippen molar-refractivity contribution in [3.05, 3.63) is 34.6 Å². The molecule has 0 radical (unpaired) electrons. The van der Waals surface area contributed by atoms with E-state index in [0.29, 0.717) is 10.9 Å². The Bertz CT molecular complexity index is 725. The van der Waals surface area contributed by atoms with Gasteiger partial charge in [0.15, 0.2) is 0 Å². The molecular formula is C15H20ClN5O2. The van der Waals surface area contributed by atoms with E-state index >= 15 is 0 Å². The second-order valence-corrected chi connectivity index (χ2v) is 5.37. The second-order valence-electron chi connectivity index (χ2n) is 5.37. The van der Waals surface area contributed by atoms with Gasteiger partial charge in [-0.3, -0.25) is 9.59 Å². The quantitative estimate of drug-likeness (QED) is 0.878. The standard InChI is InChI=1S/C15H19N5O2.ClH/c21-14(19-9-3-7-16-8-11-19)6-10-20-15(22)12-4-1-2-5-13(12)17-18-20;/h1-2,4-5,16H,3,6-11H2;1H. The first kappa shape index (κ1) is 17.4. The minimum Gasteiger partial charge on any atom is -0.341 e. The highest BCUT2D eigenvalue weighted by molar-refractivity contribution is 5.85. The molecular weight excluding hydrogens is 318 g/mol. The number of amides is 1. The first-order chi connectivity index (χ1) is 10.8. The van der Waals surface area contributed by atoms with Crippen LogP contribution in [0.2, 0.25) is 0 Å². The van der Waals surface area contributed by atoms with Gasteiger partial charge in [-0.05, 0) is 25.1 Å². The molecule has 1 N–H and O–H groups in total. The van der Waals surface area contributed by atoms with E-state index in [9.17, 15) is 9.59 Å². The van der Waals surface area contributed by atoms with E-state index in [-0.39, 0.29) is 36.8 Å². The summed E-state index contributed by atoms with van der Waals surface area (Å²) in [4.78, 5) is 26.4. The van der Waals surface area contributed by atoms with Crippen LogP contribution in [-0.4, -0.2) is 52.0 Å². The van der Waals surface area contributed by atoms with E-state index in [1.807, 2.05) is 11.0 Å². The molecule has 8 heteroatoms. The number of carbonyl (C=O) groups excluding carboxylic acids is 1. The number of aryl methyl sites for hydroxylation is 1. The number of aromatic nitrogens is 3. The minimum absolute atomic E-state index is 0. The average molecular weight is 338 g/mol. The number of halogens is 1. The third-order valence-corrected chi connectivity index (χ3v) is 3.86. The van der Waals surface area contributed by atoms with Crippen molar-refractivity contribution in [3.63, 3.8) is 0 Å². The molecule has 0 spiro atoms. The van der Waals surface area contributed by atoms with Gasteiger partial charge in [0.05, 0.1) is 11.9 Å². The van der Waals surface area contributed by atoms with Crippen LogP contribution in [0.15, 0.2) is 29.1 Å². The summed E-state index contributed by atoms with van der Waals surface area (Å²) >= 11 is 0. The molecule has 0 aliphatic carbocycles. The summed E-state index contributed by atoms with van der Waals surface area (Å²) in [6.07, 6.45) is 1.23. The van der Waals surface area contributed by atoms with Crippen LogP contribution in [0.4, 0.5) is 0 Å². The van der Waals surface area contributed by atoms with Gasteiger partial charge < -0.3 is 10.2 Å². The maximum Gasteiger partial charge on any atom is 0.277 e. The van der Waals surface area contributed by atoms with Gasteiger partial charge in [0.2, 0.25) is 5.91 Å². The number of carbonyl (C=O) groups is 1. The van der Waals surface area contributed by atoms with Crippen LogP contribution in [-0.2, 0) is 11.3 Å². The lowest BCUT2D eigenvalue weighted by atomic mass is 10.2. The molecule has 124 valence electrons. The molecule has 0 atom stereocenters. The van der Waals surface area contributed by atoms with Crippen LogP contribution in [0.5, 0.6) is 0 Å². The molecule has 1 amide bonds. The lowest BCUT2D eigenvalue weighted by Crippen LogP contribution is -2.35. The fraction of sp³-hybridized carbons (Fsp3) is 0.467. The third-order valence-electron chi connectivity index (χ3n) is 3.86. The summed E-state index contributed by atoms with van der Waals surface area (Å²) in [6.45, 7) is 3.52. The Morgan fingerprint density at radius 1 is 1.22 bits per heavy atom. The Hall–Kier alpha value is -1.99. The molecule has 2 aromatic rings. The van der Waals surface area contributed by atoms with Gasteiger partial charge in [-0.1, -0.05) is 17.3 Å². The SMILES string of the molecule is Cl.O=C(CCn1nnc2ccccc2c1=O)N1CCCNCC1. The predicted octanol–water partition coefficient (Wildman–Crippen LogP) is 0.425. The maximum absolute atomic E-state index is 12.3. The number of nitrogens with zero attached hydrogens (tertiary/aromatic N) is 4. The largest absolute Gasteiger partial charge is 0.341 e. The summed E-state index contributed by atoms with van der Waals surface area (Å²) in [7, 11) is 0. The van der Waals surface area contributed by atoms with Crippen LogP contribution in [0.25, 0.3) is 10.9 Å². The highest BCUT2D eigenvalue weighted by atomic mass is 35.5. The molecule has 0 unspecified atom stereocenters. The van der Waals surface area contributed by atoms with Crippen molar-refractivity contribution in [1.29, 1.82) is 0 Å². The summed E-state index contributed by atoms with van der Waals surface area (Å²) < 4.78 is 1.27. The minimum atomic E-state index is -0.198. The number of hydrogen-bond donors (Lipinski definition) is 1. The smallest absolute Gasteiger partial charge is 0.277 e. The van der Waals surface area contributed by atoms with E-state index in [2.05, 4.69) is 15.6 Å². The molecule has 0 saturated carbocycles. The van der Waals surface area contributed by atoms with Gasteiger partial charge >= 0.3 is 0 Å². The van der Waals surface area contributed by atoms with Gasteiger partial charge in [0.25, 0.3) is 5.56 Å². The summed E-state index contributed by atoms with van der Waals surface area (Å²) in [5, 5.41) is 11.7. The fourth-order valence-corrected chi connectivity index (χ4v) is 2.62. The zero-order valence-corrected chi connectivity index (χ0v) is 13.6. The molecule has 1 fully saturated rings. The predicted molar refractivity (Wildman–Crippen MR) is 89.7 cm³/mol. The van der Waals surface area contributed by atoms with Crippen LogP contribution >= 0.6 is 12.4 Å². The Balaban J connectivity index is 0.00000192. The summed E-state index contributed by atoms with van der Waals surface area (Å²) in [5.41, 5.74) is 0.379. The van der Waals surface area contributed by atoms with E-state index in [1.165, 1.54) is 4.68 Å². The third kappa shape index (κ3) is 4.05. The van der Waals surface area contributed by atoms with Crippen molar-refractivity contribution in [2.45, 2.75) is 19.4 Å².